The van der Waals surface area contributed by atoms with Gasteiger partial charge in [-0.05, 0) is 18.9 Å². The van der Waals surface area contributed by atoms with Gasteiger partial charge in [0, 0.05) is 18.7 Å². The molecular weight excluding hydrogens is 364 g/mol. The zero-order chi connectivity index (χ0) is 18.8. The van der Waals surface area contributed by atoms with E-state index in [9.17, 15) is 24.5 Å². The number of non-ortho nitro benzene ring substituents is 1. The van der Waals surface area contributed by atoms with Crippen LogP contribution in [0.3, 0.4) is 0 Å². The fourth-order valence-corrected chi connectivity index (χ4v) is 3.73. The van der Waals surface area contributed by atoms with Gasteiger partial charge >= 0.3 is 5.97 Å². The van der Waals surface area contributed by atoms with Gasteiger partial charge in [-0.3, -0.25) is 29.4 Å². The molecule has 1 aromatic carbocycles. The normalized spacial score (nSPS) is 22.3. The van der Waals surface area contributed by atoms with Gasteiger partial charge < -0.3 is 4.74 Å². The molecule has 1 aromatic rings. The monoisotopic (exact) mass is 380 g/mol. The van der Waals surface area contributed by atoms with Crippen LogP contribution in [0.4, 0.5) is 5.69 Å². The maximum atomic E-state index is 12.3. The second-order valence-corrected chi connectivity index (χ2v) is 6.83. The number of nitrogens with zero attached hydrogens (tertiary/aromatic N) is 2. The number of nitro benzene ring substituents is 1. The molecule has 2 aliphatic rings. The van der Waals surface area contributed by atoms with Gasteiger partial charge in [0.2, 0.25) is 11.8 Å². The van der Waals surface area contributed by atoms with Crippen LogP contribution in [0, 0.1) is 22.0 Å². The Morgan fingerprint density at radius 3 is 2.38 bits per heavy atom. The van der Waals surface area contributed by atoms with Crippen molar-refractivity contribution >= 4 is 35.1 Å². The largest absolute Gasteiger partial charge is 0.425 e. The summed E-state index contributed by atoms with van der Waals surface area (Å²) in [6.07, 6.45) is 3.15. The number of hydrogen-bond donors (Lipinski definition) is 0. The van der Waals surface area contributed by atoms with Crippen LogP contribution in [0.25, 0.3) is 0 Å². The molecular formula is C17H17ClN2O6. The number of ether oxygens (including phenoxy) is 1. The number of halogens is 1. The van der Waals surface area contributed by atoms with E-state index in [4.69, 9.17) is 16.3 Å². The molecule has 1 saturated carbocycles. The summed E-state index contributed by atoms with van der Waals surface area (Å²) in [6.45, 7) is -0.0336. The molecule has 0 radical (unpaired) electrons. The van der Waals surface area contributed by atoms with Crippen molar-refractivity contribution in [1.82, 2.24) is 4.90 Å². The second-order valence-electron chi connectivity index (χ2n) is 6.42. The number of fused-ring (bicyclic) bond motifs is 1. The maximum Gasteiger partial charge on any atom is 0.313 e. The molecule has 2 amide bonds. The molecule has 1 saturated heterocycles. The number of benzene rings is 1. The Kier molecular flexibility index (Phi) is 5.22. The zero-order valence-corrected chi connectivity index (χ0v) is 14.6. The highest BCUT2D eigenvalue weighted by atomic mass is 35.5. The van der Waals surface area contributed by atoms with E-state index in [1.807, 2.05) is 0 Å². The minimum Gasteiger partial charge on any atom is -0.425 e. The van der Waals surface area contributed by atoms with Gasteiger partial charge in [-0.25, -0.2) is 0 Å². The van der Waals surface area contributed by atoms with Crippen molar-refractivity contribution in [1.29, 1.82) is 0 Å². The number of hydrogen-bond acceptors (Lipinski definition) is 6. The van der Waals surface area contributed by atoms with E-state index in [1.165, 1.54) is 12.1 Å². The summed E-state index contributed by atoms with van der Waals surface area (Å²) in [5.41, 5.74) is -0.217. The number of nitro groups is 1. The summed E-state index contributed by atoms with van der Waals surface area (Å²) in [7, 11) is 0. The van der Waals surface area contributed by atoms with E-state index >= 15 is 0 Å². The van der Waals surface area contributed by atoms with Crippen LogP contribution < -0.4 is 4.74 Å². The molecule has 0 bridgehead atoms. The van der Waals surface area contributed by atoms with Crippen molar-refractivity contribution in [2.45, 2.75) is 32.1 Å². The van der Waals surface area contributed by atoms with E-state index in [0.29, 0.717) is 12.8 Å². The minimum atomic E-state index is -0.670. The number of esters is 1. The topological polar surface area (TPSA) is 107 Å². The molecule has 0 spiro atoms. The van der Waals surface area contributed by atoms with E-state index in [-0.39, 0.29) is 53.1 Å². The zero-order valence-electron chi connectivity index (χ0n) is 13.9. The lowest BCUT2D eigenvalue weighted by molar-refractivity contribution is -0.384. The number of carbonyl (C=O) groups is 3. The first-order valence-electron chi connectivity index (χ1n) is 8.38. The highest BCUT2D eigenvalue weighted by Crippen LogP contribution is 2.38. The van der Waals surface area contributed by atoms with Gasteiger partial charge in [-0.2, -0.15) is 0 Å². The van der Waals surface area contributed by atoms with E-state index < -0.39 is 10.9 Å². The third-order valence-electron chi connectivity index (χ3n) is 4.82. The van der Waals surface area contributed by atoms with Crippen LogP contribution in [-0.4, -0.2) is 34.2 Å². The molecule has 3 rings (SSSR count). The van der Waals surface area contributed by atoms with Crippen molar-refractivity contribution in [2.75, 3.05) is 6.54 Å². The maximum absolute atomic E-state index is 12.3. The third kappa shape index (κ3) is 3.55. The van der Waals surface area contributed by atoms with Crippen LogP contribution in [0.2, 0.25) is 5.02 Å². The summed E-state index contributed by atoms with van der Waals surface area (Å²) >= 11 is 5.87. The predicted molar refractivity (Wildman–Crippen MR) is 90.5 cm³/mol. The van der Waals surface area contributed by atoms with Crippen LogP contribution in [0.1, 0.15) is 32.1 Å². The van der Waals surface area contributed by atoms with Gasteiger partial charge in [-0.15, -0.1) is 0 Å². The lowest BCUT2D eigenvalue weighted by Crippen LogP contribution is -2.33. The van der Waals surface area contributed by atoms with E-state index in [0.717, 1.165) is 23.8 Å². The Morgan fingerprint density at radius 1 is 1.23 bits per heavy atom. The lowest BCUT2D eigenvalue weighted by Gasteiger charge is -2.19. The van der Waals surface area contributed by atoms with Gasteiger partial charge in [-0.1, -0.05) is 24.4 Å². The summed E-state index contributed by atoms with van der Waals surface area (Å²) in [5.74, 6) is -1.60. The van der Waals surface area contributed by atoms with Crippen LogP contribution >= 0.6 is 11.6 Å². The quantitative estimate of drug-likeness (QED) is 0.255. The van der Waals surface area contributed by atoms with Gasteiger partial charge in [0.1, 0.15) is 5.75 Å². The first-order valence-corrected chi connectivity index (χ1v) is 8.76. The number of imide groups is 1. The molecule has 138 valence electrons. The molecule has 8 nitrogen and oxygen atoms in total. The summed E-state index contributed by atoms with van der Waals surface area (Å²) in [4.78, 5) is 47.9. The van der Waals surface area contributed by atoms with Gasteiger partial charge in [0.25, 0.3) is 5.69 Å². The first kappa shape index (κ1) is 18.3. The Hall–Kier alpha value is -2.48. The molecule has 1 heterocycles. The minimum absolute atomic E-state index is 0.00462. The summed E-state index contributed by atoms with van der Waals surface area (Å²) in [5, 5.41) is 10.6. The number of carbonyl (C=O) groups excluding carboxylic acids is 3. The Labute approximate surface area is 154 Å². The average Bonchev–Trinajstić information content (AvgIpc) is 2.86. The van der Waals surface area contributed by atoms with Crippen molar-refractivity contribution < 1.29 is 24.0 Å². The molecule has 0 unspecified atom stereocenters. The predicted octanol–water partition coefficient (Wildman–Crippen LogP) is 2.72. The standard InChI is InChI=1S/C17H17ClN2O6/c18-13-9-10(20(24)25)5-6-14(13)26-15(21)7-8-19-16(22)11-3-1-2-4-12(11)17(19)23/h5-6,9,11-12H,1-4,7-8H2/t11-,12-/m1/s1. The number of rotatable bonds is 5. The molecule has 9 heteroatoms. The fourth-order valence-electron chi connectivity index (χ4n) is 3.51. The second kappa shape index (κ2) is 7.41. The van der Waals surface area contributed by atoms with Crippen molar-refractivity contribution in [3.05, 3.63) is 33.3 Å². The van der Waals surface area contributed by atoms with Crippen molar-refractivity contribution in [3.8, 4) is 5.75 Å². The molecule has 26 heavy (non-hydrogen) atoms. The first-order chi connectivity index (χ1) is 12.4. The molecule has 0 N–H and O–H groups in total. The SMILES string of the molecule is O=C(CCN1C(=O)[C@@H]2CCCC[C@H]2C1=O)Oc1ccc([N+](=O)[O-])cc1Cl. The highest BCUT2D eigenvalue weighted by molar-refractivity contribution is 6.32. The highest BCUT2D eigenvalue weighted by Gasteiger charge is 2.47. The smallest absolute Gasteiger partial charge is 0.313 e. The summed E-state index contributed by atoms with van der Waals surface area (Å²) in [6, 6.07) is 3.49. The number of likely N-dealkylation sites (tertiary alicyclic amines) is 1. The third-order valence-corrected chi connectivity index (χ3v) is 5.12. The molecule has 1 aliphatic carbocycles. The lowest BCUT2D eigenvalue weighted by atomic mass is 9.81. The summed E-state index contributed by atoms with van der Waals surface area (Å²) < 4.78 is 5.09. The van der Waals surface area contributed by atoms with Crippen molar-refractivity contribution in [2.24, 2.45) is 11.8 Å². The van der Waals surface area contributed by atoms with E-state index in [1.54, 1.807) is 0 Å². The Balaban J connectivity index is 1.58. The van der Waals surface area contributed by atoms with Crippen LogP contribution in [0.15, 0.2) is 18.2 Å². The van der Waals surface area contributed by atoms with Crippen molar-refractivity contribution in [3.63, 3.8) is 0 Å². The Bertz CT molecular complexity index is 757. The molecule has 0 aromatic heterocycles. The Morgan fingerprint density at radius 2 is 1.85 bits per heavy atom. The average molecular weight is 381 g/mol. The van der Waals surface area contributed by atoms with Gasteiger partial charge in [0.05, 0.1) is 28.2 Å². The molecule has 1 aliphatic heterocycles. The fraction of sp³-hybridized carbons (Fsp3) is 0.471. The van der Waals surface area contributed by atoms with E-state index in [2.05, 4.69) is 0 Å². The number of amides is 2. The van der Waals surface area contributed by atoms with Crippen LogP contribution in [-0.2, 0) is 14.4 Å². The molecule has 2 atom stereocenters. The molecule has 2 fully saturated rings. The van der Waals surface area contributed by atoms with Crippen LogP contribution in [0.5, 0.6) is 5.75 Å². The van der Waals surface area contributed by atoms with Gasteiger partial charge in [0.15, 0.2) is 0 Å².